The summed E-state index contributed by atoms with van der Waals surface area (Å²) in [5.41, 5.74) is 0.794. The number of ether oxygens (including phenoxy) is 1. The Morgan fingerprint density at radius 3 is 2.38 bits per heavy atom. The summed E-state index contributed by atoms with van der Waals surface area (Å²) in [6.45, 7) is 1.03. The third kappa shape index (κ3) is 5.38. The normalized spacial score (nSPS) is 11.5. The van der Waals surface area contributed by atoms with E-state index in [9.17, 15) is 18.8 Å². The van der Waals surface area contributed by atoms with E-state index in [1.54, 1.807) is 12.1 Å². The lowest BCUT2D eigenvalue weighted by atomic mass is 10.1. The highest BCUT2D eigenvalue weighted by atomic mass is 19.1. The fraction of sp³-hybridized carbons (Fsp3) is 0.136. The Morgan fingerprint density at radius 2 is 1.66 bits per heavy atom. The molecule has 6 nitrogen and oxygen atoms in total. The molecule has 0 aliphatic carbocycles. The minimum absolute atomic E-state index is 0.375. The van der Waals surface area contributed by atoms with Crippen molar-refractivity contribution in [1.29, 1.82) is 0 Å². The van der Waals surface area contributed by atoms with Crippen LogP contribution in [-0.4, -0.2) is 30.4 Å². The molecule has 2 N–H and O–H groups in total. The summed E-state index contributed by atoms with van der Waals surface area (Å²) in [4.78, 5) is 36.2. The van der Waals surface area contributed by atoms with Gasteiger partial charge in [-0.05, 0) is 54.1 Å². The molecular formula is C22H19FN2O4. The van der Waals surface area contributed by atoms with Crippen LogP contribution in [0, 0.1) is 5.82 Å². The van der Waals surface area contributed by atoms with Crippen molar-refractivity contribution < 1.29 is 23.5 Å². The van der Waals surface area contributed by atoms with Crippen molar-refractivity contribution in [2.75, 3.05) is 11.9 Å². The van der Waals surface area contributed by atoms with Crippen LogP contribution >= 0.6 is 0 Å². The maximum atomic E-state index is 12.9. The molecule has 0 aliphatic heterocycles. The molecule has 3 rings (SSSR count). The zero-order valence-electron chi connectivity index (χ0n) is 15.6. The van der Waals surface area contributed by atoms with Crippen LogP contribution in [0.2, 0.25) is 0 Å². The molecule has 0 saturated heterocycles. The van der Waals surface area contributed by atoms with Crippen molar-refractivity contribution in [1.82, 2.24) is 5.32 Å². The molecule has 0 unspecified atom stereocenters. The van der Waals surface area contributed by atoms with Crippen LogP contribution in [0.4, 0.5) is 10.1 Å². The molecule has 0 radical (unpaired) electrons. The van der Waals surface area contributed by atoms with Gasteiger partial charge in [0.1, 0.15) is 12.4 Å². The van der Waals surface area contributed by atoms with E-state index in [2.05, 4.69) is 10.6 Å². The Kier molecular flexibility index (Phi) is 6.19. The van der Waals surface area contributed by atoms with Crippen molar-refractivity contribution in [2.24, 2.45) is 0 Å². The monoisotopic (exact) mass is 394 g/mol. The zero-order chi connectivity index (χ0) is 20.8. The predicted octanol–water partition coefficient (Wildman–Crippen LogP) is 3.28. The predicted molar refractivity (Wildman–Crippen MR) is 107 cm³/mol. The SMILES string of the molecule is C[C@@H](OC(=O)CNC(=O)c1ccc2ccccc2c1)C(=O)Nc1ccc(F)cc1. The molecule has 0 fully saturated rings. The molecular weight excluding hydrogens is 375 g/mol. The number of carbonyl (C=O) groups excluding carboxylic acids is 3. The van der Waals surface area contributed by atoms with Gasteiger partial charge >= 0.3 is 5.97 Å². The average Bonchev–Trinajstić information content (AvgIpc) is 2.73. The first kappa shape index (κ1) is 20.0. The van der Waals surface area contributed by atoms with E-state index >= 15 is 0 Å². The van der Waals surface area contributed by atoms with Crippen LogP contribution < -0.4 is 10.6 Å². The second-order valence-electron chi connectivity index (χ2n) is 6.37. The lowest BCUT2D eigenvalue weighted by Gasteiger charge is -2.14. The van der Waals surface area contributed by atoms with Gasteiger partial charge in [-0.1, -0.05) is 30.3 Å². The lowest BCUT2D eigenvalue weighted by Crippen LogP contribution is -2.35. The van der Waals surface area contributed by atoms with Crippen LogP contribution in [-0.2, 0) is 14.3 Å². The third-order valence-corrected chi connectivity index (χ3v) is 4.19. The largest absolute Gasteiger partial charge is 0.451 e. The van der Waals surface area contributed by atoms with Crippen LogP contribution in [0.1, 0.15) is 17.3 Å². The van der Waals surface area contributed by atoms with Crippen molar-refractivity contribution in [3.63, 3.8) is 0 Å². The summed E-state index contributed by atoms with van der Waals surface area (Å²) in [6, 6.07) is 18.0. The molecule has 0 aromatic heterocycles. The molecule has 3 aromatic rings. The summed E-state index contributed by atoms with van der Waals surface area (Å²) >= 11 is 0. The molecule has 7 heteroatoms. The zero-order valence-corrected chi connectivity index (χ0v) is 15.6. The topological polar surface area (TPSA) is 84.5 Å². The van der Waals surface area contributed by atoms with Gasteiger partial charge in [0.25, 0.3) is 11.8 Å². The summed E-state index contributed by atoms with van der Waals surface area (Å²) in [7, 11) is 0. The van der Waals surface area contributed by atoms with E-state index in [1.165, 1.54) is 31.2 Å². The number of amides is 2. The molecule has 3 aromatic carbocycles. The quantitative estimate of drug-likeness (QED) is 0.629. The van der Waals surface area contributed by atoms with Crippen molar-refractivity contribution in [3.8, 4) is 0 Å². The number of anilines is 1. The third-order valence-electron chi connectivity index (χ3n) is 4.19. The number of hydrogen-bond donors (Lipinski definition) is 2. The number of halogens is 1. The van der Waals surface area contributed by atoms with E-state index in [-0.39, 0.29) is 6.54 Å². The first-order chi connectivity index (χ1) is 13.9. The van der Waals surface area contributed by atoms with E-state index in [1.807, 2.05) is 30.3 Å². The number of hydrogen-bond acceptors (Lipinski definition) is 4. The standard InChI is InChI=1S/C22H19FN2O4/c1-14(21(27)25-19-10-8-18(23)9-11-19)29-20(26)13-24-22(28)17-7-6-15-4-2-3-5-16(15)12-17/h2-12,14H,13H2,1H3,(H,24,28)(H,25,27)/t14-/m1/s1. The average molecular weight is 394 g/mol. The highest BCUT2D eigenvalue weighted by Crippen LogP contribution is 2.15. The molecule has 1 atom stereocenters. The fourth-order valence-electron chi connectivity index (χ4n) is 2.65. The maximum absolute atomic E-state index is 12.9. The van der Waals surface area contributed by atoms with E-state index in [0.29, 0.717) is 11.3 Å². The summed E-state index contributed by atoms with van der Waals surface area (Å²) in [5.74, 6) is -2.16. The fourth-order valence-corrected chi connectivity index (χ4v) is 2.65. The minimum atomic E-state index is -1.08. The molecule has 2 amide bonds. The van der Waals surface area contributed by atoms with Crippen LogP contribution in [0.15, 0.2) is 66.7 Å². The van der Waals surface area contributed by atoms with Crippen molar-refractivity contribution >= 4 is 34.2 Å². The molecule has 0 spiro atoms. The van der Waals surface area contributed by atoms with Gasteiger partial charge in [-0.25, -0.2) is 4.39 Å². The molecule has 0 aliphatic rings. The van der Waals surface area contributed by atoms with E-state index in [0.717, 1.165) is 10.8 Å². The highest BCUT2D eigenvalue weighted by molar-refractivity contribution is 6.00. The Bertz CT molecular complexity index is 1050. The molecule has 29 heavy (non-hydrogen) atoms. The number of esters is 1. The summed E-state index contributed by atoms with van der Waals surface area (Å²) in [5, 5.41) is 6.90. The van der Waals surface area contributed by atoms with Gasteiger partial charge < -0.3 is 15.4 Å². The van der Waals surface area contributed by atoms with E-state index in [4.69, 9.17) is 4.74 Å². The van der Waals surface area contributed by atoms with Crippen LogP contribution in [0.3, 0.4) is 0 Å². The van der Waals surface area contributed by atoms with Crippen molar-refractivity contribution in [2.45, 2.75) is 13.0 Å². The van der Waals surface area contributed by atoms with Crippen LogP contribution in [0.25, 0.3) is 10.8 Å². The van der Waals surface area contributed by atoms with Crippen LogP contribution in [0.5, 0.6) is 0 Å². The van der Waals surface area contributed by atoms with Gasteiger partial charge in [0.05, 0.1) is 0 Å². The maximum Gasteiger partial charge on any atom is 0.326 e. The van der Waals surface area contributed by atoms with Gasteiger partial charge in [-0.3, -0.25) is 14.4 Å². The molecule has 0 heterocycles. The van der Waals surface area contributed by atoms with Gasteiger partial charge in [0.15, 0.2) is 6.10 Å². The molecule has 148 valence electrons. The van der Waals surface area contributed by atoms with Gasteiger partial charge in [0, 0.05) is 11.3 Å². The minimum Gasteiger partial charge on any atom is -0.451 e. The molecule has 0 bridgehead atoms. The second-order valence-corrected chi connectivity index (χ2v) is 6.37. The van der Waals surface area contributed by atoms with Gasteiger partial charge in [-0.2, -0.15) is 0 Å². The Hall–Kier alpha value is -3.74. The number of rotatable bonds is 6. The number of nitrogens with one attached hydrogen (secondary N) is 2. The number of carbonyl (C=O) groups is 3. The van der Waals surface area contributed by atoms with Gasteiger partial charge in [0.2, 0.25) is 0 Å². The smallest absolute Gasteiger partial charge is 0.326 e. The Balaban J connectivity index is 1.49. The first-order valence-corrected chi connectivity index (χ1v) is 8.95. The van der Waals surface area contributed by atoms with E-state index < -0.39 is 29.7 Å². The second kappa shape index (κ2) is 8.97. The molecule has 0 saturated carbocycles. The number of benzene rings is 3. The highest BCUT2D eigenvalue weighted by Gasteiger charge is 2.18. The lowest BCUT2D eigenvalue weighted by molar-refractivity contribution is -0.152. The summed E-state index contributed by atoms with van der Waals surface area (Å²) in [6.07, 6.45) is -1.08. The first-order valence-electron chi connectivity index (χ1n) is 8.95. The number of fused-ring (bicyclic) bond motifs is 1. The van der Waals surface area contributed by atoms with Gasteiger partial charge in [-0.15, -0.1) is 0 Å². The summed E-state index contributed by atoms with van der Waals surface area (Å²) < 4.78 is 17.9. The Labute approximate surface area is 166 Å². The van der Waals surface area contributed by atoms with Crippen molar-refractivity contribution in [3.05, 3.63) is 78.1 Å². The Morgan fingerprint density at radius 1 is 0.966 bits per heavy atom.